The van der Waals surface area contributed by atoms with Crippen LogP contribution >= 0.6 is 11.8 Å². The molecule has 2 aromatic carbocycles. The number of esters is 1. The summed E-state index contributed by atoms with van der Waals surface area (Å²) >= 11 is 0.900. The van der Waals surface area contributed by atoms with E-state index in [1.54, 1.807) is 0 Å². The van der Waals surface area contributed by atoms with Crippen molar-refractivity contribution >= 4 is 34.8 Å². The maximum Gasteiger partial charge on any atom is 0.416 e. The Labute approximate surface area is 188 Å². The molecule has 0 radical (unpaired) electrons. The first-order valence-electron chi connectivity index (χ1n) is 9.64. The van der Waals surface area contributed by atoms with E-state index in [0.717, 1.165) is 29.5 Å². The molecule has 0 heterocycles. The van der Waals surface area contributed by atoms with Crippen molar-refractivity contribution in [1.29, 1.82) is 0 Å². The molecule has 0 bridgehead atoms. The second-order valence-corrected chi connectivity index (χ2v) is 7.87. The summed E-state index contributed by atoms with van der Waals surface area (Å²) in [5.74, 6) is -0.962. The molecular weight excluding hydrogens is 443 g/mol. The van der Waals surface area contributed by atoms with Gasteiger partial charge in [0.1, 0.15) is 6.61 Å². The van der Waals surface area contributed by atoms with Gasteiger partial charge in [-0.1, -0.05) is 54.2 Å². The summed E-state index contributed by atoms with van der Waals surface area (Å²) in [6.45, 7) is 1.49. The summed E-state index contributed by atoms with van der Waals surface area (Å²) in [4.78, 5) is 35.7. The van der Waals surface area contributed by atoms with Crippen molar-refractivity contribution < 1.29 is 32.3 Å². The molecule has 0 atom stereocenters. The summed E-state index contributed by atoms with van der Waals surface area (Å²) in [6.07, 6.45) is -3.09. The van der Waals surface area contributed by atoms with E-state index in [4.69, 9.17) is 4.74 Å². The second-order valence-electron chi connectivity index (χ2n) is 6.72. The molecule has 2 rings (SSSR count). The number of thioether (sulfide) groups is 1. The van der Waals surface area contributed by atoms with Crippen LogP contribution in [0.3, 0.4) is 0 Å². The van der Waals surface area contributed by atoms with Crippen molar-refractivity contribution in [2.45, 2.75) is 26.1 Å². The smallest absolute Gasteiger partial charge is 0.416 e. The van der Waals surface area contributed by atoms with Gasteiger partial charge >= 0.3 is 12.1 Å². The van der Waals surface area contributed by atoms with Crippen LogP contribution in [0.5, 0.6) is 0 Å². The molecule has 0 unspecified atom stereocenters. The van der Waals surface area contributed by atoms with Gasteiger partial charge in [-0.25, -0.2) is 0 Å². The van der Waals surface area contributed by atoms with Crippen LogP contribution < -0.4 is 5.32 Å². The number of amides is 1. The first kappa shape index (κ1) is 25.2. The van der Waals surface area contributed by atoms with E-state index in [0.29, 0.717) is 5.56 Å². The number of benzene rings is 2. The van der Waals surface area contributed by atoms with Gasteiger partial charge in [-0.3, -0.25) is 14.4 Å². The Hall–Kier alpha value is -3.07. The van der Waals surface area contributed by atoms with Gasteiger partial charge in [-0.05, 0) is 29.3 Å². The van der Waals surface area contributed by atoms with Crippen LogP contribution in [0.4, 0.5) is 13.2 Å². The lowest BCUT2D eigenvalue weighted by Crippen LogP contribution is -2.28. The number of ether oxygens (including phenoxy) is 1. The number of hydrogen-bond acceptors (Lipinski definition) is 5. The normalized spacial score (nSPS) is 11.7. The number of halogens is 3. The highest BCUT2D eigenvalue weighted by Crippen LogP contribution is 2.29. The molecular formula is C23H22F3NO4S. The average molecular weight is 465 g/mol. The van der Waals surface area contributed by atoms with Crippen LogP contribution in [0.2, 0.25) is 0 Å². The predicted octanol–water partition coefficient (Wildman–Crippen LogP) is 4.62. The molecule has 9 heteroatoms. The van der Waals surface area contributed by atoms with Crippen molar-refractivity contribution in [2.24, 2.45) is 0 Å². The van der Waals surface area contributed by atoms with Crippen molar-refractivity contribution in [3.8, 4) is 0 Å². The topological polar surface area (TPSA) is 72.5 Å². The molecule has 170 valence electrons. The van der Waals surface area contributed by atoms with E-state index in [2.05, 4.69) is 5.32 Å². The van der Waals surface area contributed by atoms with Gasteiger partial charge in [-0.15, -0.1) is 0 Å². The zero-order valence-corrected chi connectivity index (χ0v) is 18.1. The summed E-state index contributed by atoms with van der Waals surface area (Å²) in [5.41, 5.74) is 0.623. The molecule has 0 fully saturated rings. The highest BCUT2D eigenvalue weighted by atomic mass is 32.2. The molecule has 0 aliphatic rings. The fraction of sp³-hybridized carbons (Fsp3) is 0.261. The van der Waals surface area contributed by atoms with Crippen LogP contribution in [0, 0.1) is 0 Å². The standard InChI is InChI=1S/C23H22F3NO4S/c1-16(28)32-15-19(13-17-7-9-20(10-8-17)23(24,25)26)22(30)27-12-11-21(29)31-14-18-5-3-2-4-6-18/h2-10,13H,11-12,14-15H2,1H3,(H,27,30). The van der Waals surface area contributed by atoms with Gasteiger partial charge in [0.25, 0.3) is 0 Å². The van der Waals surface area contributed by atoms with Crippen LogP contribution in [0.1, 0.15) is 30.0 Å². The molecule has 32 heavy (non-hydrogen) atoms. The molecule has 1 amide bonds. The van der Waals surface area contributed by atoms with Gasteiger partial charge < -0.3 is 10.1 Å². The van der Waals surface area contributed by atoms with E-state index in [1.165, 1.54) is 25.1 Å². The van der Waals surface area contributed by atoms with Gasteiger partial charge in [0.05, 0.1) is 12.0 Å². The number of carbonyl (C=O) groups excluding carboxylic acids is 3. The van der Waals surface area contributed by atoms with Gasteiger partial charge in [0.2, 0.25) is 5.91 Å². The van der Waals surface area contributed by atoms with E-state index in [-0.39, 0.29) is 36.0 Å². The van der Waals surface area contributed by atoms with Crippen molar-refractivity contribution in [2.75, 3.05) is 12.3 Å². The largest absolute Gasteiger partial charge is 0.461 e. The summed E-state index contributed by atoms with van der Waals surface area (Å²) in [5, 5.41) is 2.37. The Morgan fingerprint density at radius 3 is 2.28 bits per heavy atom. The third-order valence-electron chi connectivity index (χ3n) is 4.16. The quantitative estimate of drug-likeness (QED) is 0.432. The zero-order valence-electron chi connectivity index (χ0n) is 17.3. The lowest BCUT2D eigenvalue weighted by atomic mass is 10.1. The molecule has 0 spiro atoms. The van der Waals surface area contributed by atoms with Crippen LogP contribution in [0.15, 0.2) is 60.2 Å². The van der Waals surface area contributed by atoms with Crippen molar-refractivity contribution in [3.63, 3.8) is 0 Å². The van der Waals surface area contributed by atoms with Crippen molar-refractivity contribution in [1.82, 2.24) is 5.32 Å². The van der Waals surface area contributed by atoms with Crippen molar-refractivity contribution in [3.05, 3.63) is 76.9 Å². The SMILES string of the molecule is CC(=O)SCC(=Cc1ccc(C(F)(F)F)cc1)C(=O)NCCC(=O)OCc1ccccc1. The fourth-order valence-corrected chi connectivity index (χ4v) is 3.10. The number of nitrogens with one attached hydrogen (secondary N) is 1. The Morgan fingerprint density at radius 1 is 1.03 bits per heavy atom. The molecule has 2 aromatic rings. The minimum absolute atomic E-state index is 0.0154. The average Bonchev–Trinajstić information content (AvgIpc) is 2.75. The van der Waals surface area contributed by atoms with E-state index >= 15 is 0 Å². The molecule has 0 saturated carbocycles. The van der Waals surface area contributed by atoms with Gasteiger partial charge in [0, 0.05) is 24.8 Å². The first-order chi connectivity index (χ1) is 15.1. The first-order valence-corrected chi connectivity index (χ1v) is 10.6. The van der Waals surface area contributed by atoms with Crippen LogP contribution in [-0.2, 0) is 31.9 Å². The summed E-state index contributed by atoms with van der Waals surface area (Å²) in [7, 11) is 0. The van der Waals surface area contributed by atoms with E-state index in [1.807, 2.05) is 30.3 Å². The molecule has 5 nitrogen and oxygen atoms in total. The Morgan fingerprint density at radius 2 is 1.69 bits per heavy atom. The number of rotatable bonds is 9. The molecule has 0 aromatic heterocycles. The highest BCUT2D eigenvalue weighted by molar-refractivity contribution is 8.13. The number of carbonyl (C=O) groups is 3. The predicted molar refractivity (Wildman–Crippen MR) is 116 cm³/mol. The van der Waals surface area contributed by atoms with Gasteiger partial charge in [-0.2, -0.15) is 13.2 Å². The molecule has 1 N–H and O–H groups in total. The Balaban J connectivity index is 1.94. The minimum atomic E-state index is -4.46. The monoisotopic (exact) mass is 465 g/mol. The minimum Gasteiger partial charge on any atom is -0.461 e. The van der Waals surface area contributed by atoms with Crippen LogP contribution in [-0.4, -0.2) is 29.3 Å². The molecule has 0 saturated heterocycles. The lowest BCUT2D eigenvalue weighted by molar-refractivity contribution is -0.145. The zero-order chi connectivity index (χ0) is 23.6. The maximum atomic E-state index is 12.7. The third-order valence-corrected chi connectivity index (χ3v) is 5.02. The summed E-state index contributed by atoms with van der Waals surface area (Å²) < 4.78 is 43.3. The Kier molecular flexibility index (Phi) is 9.52. The number of alkyl halides is 3. The molecule has 0 aliphatic carbocycles. The maximum absolute atomic E-state index is 12.7. The highest BCUT2D eigenvalue weighted by Gasteiger charge is 2.29. The Bertz CT molecular complexity index is 957. The van der Waals surface area contributed by atoms with E-state index < -0.39 is 23.6 Å². The van der Waals surface area contributed by atoms with E-state index in [9.17, 15) is 27.6 Å². The van der Waals surface area contributed by atoms with Crippen LogP contribution in [0.25, 0.3) is 6.08 Å². The fourth-order valence-electron chi connectivity index (χ4n) is 2.52. The lowest BCUT2D eigenvalue weighted by Gasteiger charge is -2.10. The molecule has 0 aliphatic heterocycles. The second kappa shape index (κ2) is 12.1. The number of hydrogen-bond donors (Lipinski definition) is 1. The third kappa shape index (κ3) is 8.97. The summed E-state index contributed by atoms with van der Waals surface area (Å²) in [6, 6.07) is 13.5. The van der Waals surface area contributed by atoms with Gasteiger partial charge in [0.15, 0.2) is 5.12 Å².